The predicted octanol–water partition coefficient (Wildman–Crippen LogP) is 5.80. The fourth-order valence-corrected chi connectivity index (χ4v) is 4.87. The lowest BCUT2D eigenvalue weighted by Gasteiger charge is -2.16. The van der Waals surface area contributed by atoms with Crippen molar-refractivity contribution in [1.29, 1.82) is 0 Å². The summed E-state index contributed by atoms with van der Waals surface area (Å²) in [6.45, 7) is 2.76. The Morgan fingerprint density at radius 1 is 0.839 bits per heavy atom. The van der Waals surface area contributed by atoms with Gasteiger partial charge in [-0.1, -0.05) is 58.4 Å². The Kier molecular flexibility index (Phi) is 3.98. The Morgan fingerprint density at radius 2 is 1.55 bits per heavy atom. The number of para-hydroxylation sites is 3. The Bertz CT molecular complexity index is 1710. The van der Waals surface area contributed by atoms with E-state index in [1.54, 1.807) is 0 Å². The first-order valence-electron chi connectivity index (χ1n) is 10.2. The third kappa shape index (κ3) is 2.51. The molecule has 0 spiro atoms. The highest BCUT2D eigenvalue weighted by molar-refractivity contribution is 9.10. The topological polar surface area (TPSA) is 52.2 Å². The summed E-state index contributed by atoms with van der Waals surface area (Å²) >= 11 is 3.68. The second-order valence-corrected chi connectivity index (χ2v) is 8.32. The number of hydrogen-bond acceptors (Lipinski definition) is 3. The standard InChI is InChI=1S/C25H17BrN4O/c1-2-29-19-13-7-4-10-16(19)22(31)21-24(29)28-23(15-9-3-5-11-17(15)26)30-20-14-8-6-12-18(20)27-25(21)30/h3-14H,2H2,1H3. The van der Waals surface area contributed by atoms with E-state index in [0.29, 0.717) is 28.6 Å². The second kappa shape index (κ2) is 6.75. The predicted molar refractivity (Wildman–Crippen MR) is 129 cm³/mol. The fourth-order valence-electron chi connectivity index (χ4n) is 4.41. The van der Waals surface area contributed by atoms with Crippen LogP contribution in [0.5, 0.6) is 0 Å². The summed E-state index contributed by atoms with van der Waals surface area (Å²) in [5.41, 5.74) is 4.83. The van der Waals surface area contributed by atoms with Crippen LogP contribution in [-0.4, -0.2) is 18.9 Å². The summed E-state index contributed by atoms with van der Waals surface area (Å²) in [6.07, 6.45) is 0. The number of hydrogen-bond donors (Lipinski definition) is 0. The molecule has 3 aromatic heterocycles. The number of benzene rings is 3. The molecule has 0 N–H and O–H groups in total. The van der Waals surface area contributed by atoms with Crippen LogP contribution in [0.1, 0.15) is 6.92 Å². The first kappa shape index (κ1) is 18.3. The van der Waals surface area contributed by atoms with Crippen molar-refractivity contribution in [2.75, 3.05) is 0 Å². The molecule has 150 valence electrons. The van der Waals surface area contributed by atoms with E-state index in [4.69, 9.17) is 9.97 Å². The lowest BCUT2D eigenvalue weighted by molar-refractivity contribution is 0.808. The number of pyridine rings is 1. The smallest absolute Gasteiger partial charge is 0.202 e. The highest BCUT2D eigenvalue weighted by Crippen LogP contribution is 2.33. The zero-order chi connectivity index (χ0) is 21.1. The SMILES string of the molecule is CCn1c2ccccc2c(=O)c2c1nc(-c1ccccc1Br)n1c3ccccc3nc21. The molecule has 31 heavy (non-hydrogen) atoms. The molecule has 0 bridgehead atoms. The van der Waals surface area contributed by atoms with Gasteiger partial charge in [0.05, 0.1) is 16.6 Å². The van der Waals surface area contributed by atoms with Crippen molar-refractivity contribution in [2.45, 2.75) is 13.5 Å². The average Bonchev–Trinajstić information content (AvgIpc) is 3.19. The maximum atomic E-state index is 13.6. The van der Waals surface area contributed by atoms with Crippen LogP contribution in [0.25, 0.3) is 50.0 Å². The van der Waals surface area contributed by atoms with Crippen LogP contribution >= 0.6 is 15.9 Å². The largest absolute Gasteiger partial charge is 0.325 e. The minimum atomic E-state index is -0.0400. The van der Waals surface area contributed by atoms with Crippen LogP contribution in [0.4, 0.5) is 0 Å². The molecule has 6 aromatic rings. The summed E-state index contributed by atoms with van der Waals surface area (Å²) in [4.78, 5) is 23.6. The zero-order valence-electron chi connectivity index (χ0n) is 16.7. The average molecular weight is 469 g/mol. The van der Waals surface area contributed by atoms with Gasteiger partial charge in [-0.15, -0.1) is 0 Å². The van der Waals surface area contributed by atoms with Gasteiger partial charge in [0.15, 0.2) is 11.3 Å². The maximum Gasteiger partial charge on any atom is 0.202 e. The van der Waals surface area contributed by atoms with E-state index >= 15 is 0 Å². The quantitative estimate of drug-likeness (QED) is 0.301. The van der Waals surface area contributed by atoms with Crippen molar-refractivity contribution in [1.82, 2.24) is 18.9 Å². The Labute approximate surface area is 185 Å². The molecule has 6 rings (SSSR count). The summed E-state index contributed by atoms with van der Waals surface area (Å²) in [5.74, 6) is 0.751. The molecule has 0 radical (unpaired) electrons. The number of fused-ring (bicyclic) bond motifs is 6. The van der Waals surface area contributed by atoms with Gasteiger partial charge in [0.1, 0.15) is 11.2 Å². The lowest BCUT2D eigenvalue weighted by Crippen LogP contribution is -2.15. The molecule has 0 unspecified atom stereocenters. The molecule has 0 aliphatic heterocycles. The lowest BCUT2D eigenvalue weighted by atomic mass is 10.1. The summed E-state index contributed by atoms with van der Waals surface area (Å²) in [7, 11) is 0. The Morgan fingerprint density at radius 3 is 2.35 bits per heavy atom. The van der Waals surface area contributed by atoms with E-state index in [1.807, 2.05) is 77.2 Å². The van der Waals surface area contributed by atoms with Gasteiger partial charge in [0, 0.05) is 22.0 Å². The minimum absolute atomic E-state index is 0.0400. The van der Waals surface area contributed by atoms with E-state index in [1.165, 1.54) is 0 Å². The van der Waals surface area contributed by atoms with Crippen molar-refractivity contribution in [2.24, 2.45) is 0 Å². The first-order chi connectivity index (χ1) is 15.2. The van der Waals surface area contributed by atoms with Crippen LogP contribution < -0.4 is 5.43 Å². The van der Waals surface area contributed by atoms with Crippen molar-refractivity contribution >= 4 is 54.5 Å². The second-order valence-electron chi connectivity index (χ2n) is 7.46. The van der Waals surface area contributed by atoms with Gasteiger partial charge in [-0.3, -0.25) is 9.20 Å². The summed E-state index contributed by atoms with van der Waals surface area (Å²) in [6, 6.07) is 23.6. The highest BCUT2D eigenvalue weighted by atomic mass is 79.9. The van der Waals surface area contributed by atoms with Crippen molar-refractivity contribution in [3.8, 4) is 11.4 Å². The zero-order valence-corrected chi connectivity index (χ0v) is 18.3. The van der Waals surface area contributed by atoms with Crippen molar-refractivity contribution < 1.29 is 0 Å². The van der Waals surface area contributed by atoms with Crippen molar-refractivity contribution in [3.05, 3.63) is 87.5 Å². The van der Waals surface area contributed by atoms with Crippen LogP contribution in [-0.2, 0) is 6.54 Å². The fraction of sp³-hybridized carbons (Fsp3) is 0.0800. The molecule has 0 saturated heterocycles. The number of aryl methyl sites for hydroxylation is 1. The van der Waals surface area contributed by atoms with Crippen molar-refractivity contribution in [3.63, 3.8) is 0 Å². The molecule has 5 nitrogen and oxygen atoms in total. The number of nitrogens with zero attached hydrogens (tertiary/aromatic N) is 4. The third-order valence-electron chi connectivity index (χ3n) is 5.78. The van der Waals surface area contributed by atoms with Crippen LogP contribution in [0.2, 0.25) is 0 Å². The maximum absolute atomic E-state index is 13.6. The number of rotatable bonds is 2. The van der Waals surface area contributed by atoms with E-state index in [9.17, 15) is 4.79 Å². The summed E-state index contributed by atoms with van der Waals surface area (Å²) < 4.78 is 5.05. The molecule has 3 heterocycles. The van der Waals surface area contributed by atoms with Crippen LogP contribution in [0.15, 0.2) is 82.1 Å². The van der Waals surface area contributed by atoms with Gasteiger partial charge in [0.2, 0.25) is 5.43 Å². The summed E-state index contributed by atoms with van der Waals surface area (Å²) in [5, 5.41) is 1.23. The molecule has 0 aliphatic carbocycles. The van der Waals surface area contributed by atoms with E-state index in [0.717, 1.165) is 32.4 Å². The Hall–Kier alpha value is -3.51. The van der Waals surface area contributed by atoms with Gasteiger partial charge in [-0.05, 0) is 37.3 Å². The first-order valence-corrected chi connectivity index (χ1v) is 11.0. The van der Waals surface area contributed by atoms with E-state index < -0.39 is 0 Å². The number of imidazole rings is 1. The number of halogens is 1. The normalized spacial score (nSPS) is 11.8. The van der Waals surface area contributed by atoms with Gasteiger partial charge >= 0.3 is 0 Å². The third-order valence-corrected chi connectivity index (χ3v) is 6.48. The van der Waals surface area contributed by atoms with Crippen LogP contribution in [0, 0.1) is 0 Å². The van der Waals surface area contributed by atoms with Gasteiger partial charge in [-0.2, -0.15) is 0 Å². The molecule has 3 aromatic carbocycles. The van der Waals surface area contributed by atoms with E-state index in [-0.39, 0.29) is 5.43 Å². The Balaban J connectivity index is 1.96. The molecular weight excluding hydrogens is 452 g/mol. The molecule has 0 saturated carbocycles. The van der Waals surface area contributed by atoms with Gasteiger partial charge in [-0.25, -0.2) is 9.97 Å². The molecule has 0 amide bonds. The monoisotopic (exact) mass is 468 g/mol. The molecule has 6 heteroatoms. The number of aromatic nitrogens is 4. The highest BCUT2D eigenvalue weighted by Gasteiger charge is 2.21. The van der Waals surface area contributed by atoms with E-state index in [2.05, 4.69) is 27.4 Å². The molecule has 0 atom stereocenters. The minimum Gasteiger partial charge on any atom is -0.325 e. The molecule has 0 aliphatic rings. The van der Waals surface area contributed by atoms with Crippen LogP contribution in [0.3, 0.4) is 0 Å². The molecular formula is C25H17BrN4O. The van der Waals surface area contributed by atoms with Gasteiger partial charge in [0.25, 0.3) is 0 Å². The molecule has 0 fully saturated rings. The van der Waals surface area contributed by atoms with Gasteiger partial charge < -0.3 is 4.57 Å².